The molecule has 1 N–H and O–H groups in total. The van der Waals surface area contributed by atoms with E-state index < -0.39 is 0 Å². The van der Waals surface area contributed by atoms with Gasteiger partial charge < -0.3 is 10.1 Å². The van der Waals surface area contributed by atoms with E-state index in [2.05, 4.69) is 18.3 Å². The molecule has 1 fully saturated rings. The zero-order chi connectivity index (χ0) is 12.1. The van der Waals surface area contributed by atoms with Crippen LogP contribution in [0.25, 0.3) is 0 Å². The Kier molecular flexibility index (Phi) is 5.05. The number of likely N-dealkylation sites (N-methyl/N-ethyl adjacent to an activating group) is 1. The summed E-state index contributed by atoms with van der Waals surface area (Å²) in [6.07, 6.45) is 12.2. The molecule has 0 aromatic heterocycles. The van der Waals surface area contributed by atoms with E-state index in [1.807, 2.05) is 7.11 Å². The predicted octanol–water partition coefficient (Wildman–Crippen LogP) is 3.28. The second-order valence-corrected chi connectivity index (χ2v) is 5.45. The Bertz CT molecular complexity index is 258. The number of ether oxygens (including phenoxy) is 1. The van der Waals surface area contributed by atoms with Crippen molar-refractivity contribution in [2.24, 2.45) is 5.92 Å². The number of nitrogens with one attached hydrogen (secondary N) is 1. The van der Waals surface area contributed by atoms with Gasteiger partial charge in [0.1, 0.15) is 0 Å². The predicted molar refractivity (Wildman–Crippen MR) is 72.2 cm³/mol. The lowest BCUT2D eigenvalue weighted by atomic mass is 9.94. The van der Waals surface area contributed by atoms with Gasteiger partial charge in [-0.3, -0.25) is 0 Å². The largest absolute Gasteiger partial charge is 0.379 e. The van der Waals surface area contributed by atoms with Crippen LogP contribution < -0.4 is 5.32 Å². The molecular formula is C15H27NO. The van der Waals surface area contributed by atoms with Crippen molar-refractivity contribution in [2.75, 3.05) is 13.7 Å². The minimum absolute atomic E-state index is 0.402. The van der Waals surface area contributed by atoms with Crippen LogP contribution >= 0.6 is 0 Å². The van der Waals surface area contributed by atoms with Crippen LogP contribution in [0, 0.1) is 5.92 Å². The molecule has 17 heavy (non-hydrogen) atoms. The lowest BCUT2D eigenvalue weighted by Crippen LogP contribution is -2.43. The van der Waals surface area contributed by atoms with Crippen LogP contribution in [0.4, 0.5) is 0 Å². The number of methoxy groups -OCH3 is 1. The van der Waals surface area contributed by atoms with Crippen LogP contribution in [0.3, 0.4) is 0 Å². The molecule has 0 bridgehead atoms. The van der Waals surface area contributed by atoms with Gasteiger partial charge in [-0.05, 0) is 51.0 Å². The molecule has 2 heteroatoms. The van der Waals surface area contributed by atoms with Crippen molar-refractivity contribution in [3.05, 3.63) is 11.6 Å². The molecule has 0 amide bonds. The third-order valence-electron chi connectivity index (χ3n) is 4.09. The van der Waals surface area contributed by atoms with Crippen LogP contribution in [0.15, 0.2) is 11.6 Å². The molecule has 2 atom stereocenters. The molecule has 2 aliphatic rings. The zero-order valence-electron chi connectivity index (χ0n) is 11.4. The lowest BCUT2D eigenvalue weighted by Gasteiger charge is -2.29. The minimum atomic E-state index is 0.402. The Labute approximate surface area is 106 Å². The Balaban J connectivity index is 2.05. The molecule has 0 radical (unpaired) electrons. The summed E-state index contributed by atoms with van der Waals surface area (Å²) in [4.78, 5) is 0. The van der Waals surface area contributed by atoms with Crippen molar-refractivity contribution in [1.29, 1.82) is 0 Å². The maximum atomic E-state index is 5.78. The quantitative estimate of drug-likeness (QED) is 0.716. The van der Waals surface area contributed by atoms with Gasteiger partial charge in [-0.25, -0.2) is 0 Å². The molecule has 0 spiro atoms. The van der Waals surface area contributed by atoms with Gasteiger partial charge in [0.15, 0.2) is 0 Å². The van der Waals surface area contributed by atoms with Crippen molar-refractivity contribution in [1.82, 2.24) is 5.32 Å². The van der Waals surface area contributed by atoms with Gasteiger partial charge >= 0.3 is 0 Å². The molecule has 0 saturated heterocycles. The standard InChI is InChI=1S/C15H27NO/c1-3-16-14(15(17-2)13-10-11-13)12-8-6-4-5-7-9-12/h8,13-16H,3-7,9-11H2,1-2H3. The van der Waals surface area contributed by atoms with Gasteiger partial charge in [0.25, 0.3) is 0 Å². The molecule has 0 aliphatic heterocycles. The monoisotopic (exact) mass is 237 g/mol. The first-order valence-electron chi connectivity index (χ1n) is 7.32. The van der Waals surface area contributed by atoms with E-state index in [0.717, 1.165) is 12.5 Å². The van der Waals surface area contributed by atoms with E-state index in [-0.39, 0.29) is 0 Å². The van der Waals surface area contributed by atoms with E-state index in [9.17, 15) is 0 Å². The number of hydrogen-bond donors (Lipinski definition) is 1. The second-order valence-electron chi connectivity index (χ2n) is 5.45. The summed E-state index contributed by atoms with van der Waals surface area (Å²) in [6.45, 7) is 3.23. The summed E-state index contributed by atoms with van der Waals surface area (Å²) in [7, 11) is 1.88. The molecule has 0 heterocycles. The number of allylic oxidation sites excluding steroid dienone is 1. The molecular weight excluding hydrogens is 210 g/mol. The van der Waals surface area contributed by atoms with Gasteiger partial charge in [0.05, 0.1) is 12.1 Å². The van der Waals surface area contributed by atoms with E-state index in [0.29, 0.717) is 12.1 Å². The zero-order valence-corrected chi connectivity index (χ0v) is 11.4. The molecule has 2 unspecified atom stereocenters. The summed E-state index contributed by atoms with van der Waals surface area (Å²) >= 11 is 0. The van der Waals surface area contributed by atoms with Crippen molar-refractivity contribution in [3.63, 3.8) is 0 Å². The van der Waals surface area contributed by atoms with Gasteiger partial charge in [0.2, 0.25) is 0 Å². The molecule has 2 nitrogen and oxygen atoms in total. The van der Waals surface area contributed by atoms with Crippen molar-refractivity contribution >= 4 is 0 Å². The summed E-state index contributed by atoms with van der Waals surface area (Å²) < 4.78 is 5.78. The fraction of sp³-hybridized carbons (Fsp3) is 0.867. The minimum Gasteiger partial charge on any atom is -0.379 e. The third-order valence-corrected chi connectivity index (χ3v) is 4.09. The SMILES string of the molecule is CCNC(C1=CCCCCC1)C(OC)C1CC1. The van der Waals surface area contributed by atoms with Crippen LogP contribution in [0.1, 0.15) is 51.9 Å². The van der Waals surface area contributed by atoms with Gasteiger partial charge in [-0.2, -0.15) is 0 Å². The fourth-order valence-electron chi connectivity index (χ4n) is 3.03. The third kappa shape index (κ3) is 3.56. The average molecular weight is 237 g/mol. The Morgan fingerprint density at radius 3 is 2.82 bits per heavy atom. The van der Waals surface area contributed by atoms with Crippen molar-refractivity contribution in [3.8, 4) is 0 Å². The highest BCUT2D eigenvalue weighted by atomic mass is 16.5. The Morgan fingerprint density at radius 2 is 2.18 bits per heavy atom. The topological polar surface area (TPSA) is 21.3 Å². The first kappa shape index (κ1) is 13.1. The van der Waals surface area contributed by atoms with Gasteiger partial charge in [-0.1, -0.05) is 25.0 Å². The second kappa shape index (κ2) is 6.55. The molecule has 2 aliphatic carbocycles. The van der Waals surface area contributed by atoms with Gasteiger partial charge in [-0.15, -0.1) is 0 Å². The Hall–Kier alpha value is -0.340. The van der Waals surface area contributed by atoms with Crippen molar-refractivity contribution < 1.29 is 4.74 Å². The molecule has 98 valence electrons. The summed E-state index contributed by atoms with van der Waals surface area (Å²) in [5.41, 5.74) is 1.61. The molecule has 2 rings (SSSR count). The summed E-state index contributed by atoms with van der Waals surface area (Å²) in [5, 5.41) is 3.66. The summed E-state index contributed by atoms with van der Waals surface area (Å²) in [6, 6.07) is 0.468. The van der Waals surface area contributed by atoms with Gasteiger partial charge in [0, 0.05) is 7.11 Å². The highest BCUT2D eigenvalue weighted by Crippen LogP contribution is 2.38. The van der Waals surface area contributed by atoms with Crippen LogP contribution in [0.2, 0.25) is 0 Å². The van der Waals surface area contributed by atoms with Crippen molar-refractivity contribution in [2.45, 2.75) is 64.0 Å². The first-order valence-corrected chi connectivity index (χ1v) is 7.32. The van der Waals surface area contributed by atoms with E-state index in [4.69, 9.17) is 4.74 Å². The molecule has 0 aromatic rings. The Morgan fingerprint density at radius 1 is 1.35 bits per heavy atom. The summed E-state index contributed by atoms with van der Waals surface area (Å²) in [5.74, 6) is 0.799. The van der Waals surface area contributed by atoms with E-state index in [1.165, 1.54) is 44.9 Å². The highest BCUT2D eigenvalue weighted by Gasteiger charge is 2.37. The lowest BCUT2D eigenvalue weighted by molar-refractivity contribution is 0.0608. The number of rotatable bonds is 6. The maximum Gasteiger partial charge on any atom is 0.0790 e. The smallest absolute Gasteiger partial charge is 0.0790 e. The normalized spacial score (nSPS) is 24.9. The van der Waals surface area contributed by atoms with Crippen LogP contribution in [-0.2, 0) is 4.74 Å². The van der Waals surface area contributed by atoms with E-state index in [1.54, 1.807) is 5.57 Å². The molecule has 1 saturated carbocycles. The maximum absolute atomic E-state index is 5.78. The van der Waals surface area contributed by atoms with Crippen LogP contribution in [-0.4, -0.2) is 25.8 Å². The highest BCUT2D eigenvalue weighted by molar-refractivity contribution is 5.16. The van der Waals surface area contributed by atoms with E-state index >= 15 is 0 Å². The fourth-order valence-corrected chi connectivity index (χ4v) is 3.03. The molecule has 0 aromatic carbocycles. The average Bonchev–Trinajstić information content (AvgIpc) is 3.16. The first-order chi connectivity index (χ1) is 8.36. The number of hydrogen-bond acceptors (Lipinski definition) is 2. The van der Waals surface area contributed by atoms with Crippen LogP contribution in [0.5, 0.6) is 0 Å².